The standard InChI is InChI=1S/C18H14F3N5/c1-10(18(19,20)21)25-17-24-9-14-13(8-23-16(14)26-17)11-4-5-15-12(7-11)3-2-6-22-15/h2-10H,1H3,(H2,23,24,25,26). The van der Waals surface area contributed by atoms with Crippen LogP contribution in [0.1, 0.15) is 6.92 Å². The van der Waals surface area contributed by atoms with Crippen molar-refractivity contribution in [1.29, 1.82) is 0 Å². The lowest BCUT2D eigenvalue weighted by Gasteiger charge is -2.16. The van der Waals surface area contributed by atoms with Crippen molar-refractivity contribution in [2.45, 2.75) is 19.1 Å². The van der Waals surface area contributed by atoms with E-state index in [1.165, 1.54) is 6.20 Å². The Balaban J connectivity index is 1.71. The number of nitrogens with zero attached hydrogens (tertiary/aromatic N) is 3. The quantitative estimate of drug-likeness (QED) is 0.565. The van der Waals surface area contributed by atoms with Crippen LogP contribution < -0.4 is 5.32 Å². The molecule has 2 N–H and O–H groups in total. The number of pyridine rings is 1. The summed E-state index contributed by atoms with van der Waals surface area (Å²) >= 11 is 0. The minimum absolute atomic E-state index is 0.0709. The molecule has 0 aliphatic carbocycles. The van der Waals surface area contributed by atoms with Crippen LogP contribution in [0.15, 0.2) is 48.9 Å². The van der Waals surface area contributed by atoms with Crippen LogP contribution in [0.4, 0.5) is 19.1 Å². The lowest BCUT2D eigenvalue weighted by atomic mass is 10.0. The fraction of sp³-hybridized carbons (Fsp3) is 0.167. The van der Waals surface area contributed by atoms with Crippen LogP contribution in [0.25, 0.3) is 33.1 Å². The smallest absolute Gasteiger partial charge is 0.345 e. The van der Waals surface area contributed by atoms with Crippen molar-refractivity contribution in [3.05, 3.63) is 48.9 Å². The summed E-state index contributed by atoms with van der Waals surface area (Å²) in [5.41, 5.74) is 3.18. The third kappa shape index (κ3) is 2.94. The fourth-order valence-corrected chi connectivity index (χ4v) is 2.73. The Kier molecular flexibility index (Phi) is 3.75. The van der Waals surface area contributed by atoms with E-state index in [1.807, 2.05) is 30.3 Å². The summed E-state index contributed by atoms with van der Waals surface area (Å²) in [5, 5.41) is 4.00. The van der Waals surface area contributed by atoms with Crippen LogP contribution in [-0.4, -0.2) is 32.2 Å². The molecule has 4 rings (SSSR count). The number of halogens is 3. The highest BCUT2D eigenvalue weighted by Crippen LogP contribution is 2.30. The number of rotatable bonds is 3. The third-order valence-electron chi connectivity index (χ3n) is 4.18. The van der Waals surface area contributed by atoms with E-state index < -0.39 is 12.2 Å². The van der Waals surface area contributed by atoms with Crippen LogP contribution in [0, 0.1) is 0 Å². The van der Waals surface area contributed by atoms with Crippen LogP contribution >= 0.6 is 0 Å². The van der Waals surface area contributed by atoms with Crippen LogP contribution in [0.2, 0.25) is 0 Å². The average Bonchev–Trinajstić information content (AvgIpc) is 3.03. The number of H-pyrrole nitrogens is 1. The van der Waals surface area contributed by atoms with Gasteiger partial charge in [0.05, 0.1) is 5.52 Å². The van der Waals surface area contributed by atoms with Crippen molar-refractivity contribution >= 4 is 27.9 Å². The molecule has 8 heteroatoms. The Bertz CT molecular complexity index is 1090. The van der Waals surface area contributed by atoms with E-state index in [1.54, 1.807) is 12.4 Å². The first kappa shape index (κ1) is 16.3. The predicted molar refractivity (Wildman–Crippen MR) is 93.8 cm³/mol. The highest BCUT2D eigenvalue weighted by atomic mass is 19.4. The molecule has 0 radical (unpaired) electrons. The molecule has 0 aliphatic rings. The molecule has 0 saturated carbocycles. The number of aromatic amines is 1. The number of benzene rings is 1. The molecule has 0 aliphatic heterocycles. The number of nitrogens with one attached hydrogen (secondary N) is 2. The van der Waals surface area contributed by atoms with Gasteiger partial charge in [-0.15, -0.1) is 0 Å². The van der Waals surface area contributed by atoms with Crippen LogP contribution in [-0.2, 0) is 0 Å². The van der Waals surface area contributed by atoms with E-state index in [0.29, 0.717) is 5.65 Å². The van der Waals surface area contributed by atoms with Crippen molar-refractivity contribution in [2.24, 2.45) is 0 Å². The zero-order valence-electron chi connectivity index (χ0n) is 13.7. The zero-order valence-corrected chi connectivity index (χ0v) is 13.7. The Morgan fingerprint density at radius 2 is 2.00 bits per heavy atom. The largest absolute Gasteiger partial charge is 0.408 e. The Morgan fingerprint density at radius 3 is 2.81 bits per heavy atom. The summed E-state index contributed by atoms with van der Waals surface area (Å²) in [4.78, 5) is 15.5. The molecule has 4 aromatic rings. The molecule has 1 unspecified atom stereocenters. The number of alkyl halides is 3. The van der Waals surface area contributed by atoms with Crippen LogP contribution in [0.5, 0.6) is 0 Å². The van der Waals surface area contributed by atoms with Gasteiger partial charge in [-0.2, -0.15) is 18.2 Å². The van der Waals surface area contributed by atoms with Gasteiger partial charge < -0.3 is 10.3 Å². The van der Waals surface area contributed by atoms with Gasteiger partial charge in [0.1, 0.15) is 11.7 Å². The van der Waals surface area contributed by atoms with E-state index in [0.717, 1.165) is 34.3 Å². The maximum Gasteiger partial charge on any atom is 0.408 e. The van der Waals surface area contributed by atoms with Gasteiger partial charge in [-0.05, 0) is 30.7 Å². The molecule has 5 nitrogen and oxygen atoms in total. The van der Waals surface area contributed by atoms with Crippen molar-refractivity contribution in [3.63, 3.8) is 0 Å². The van der Waals surface area contributed by atoms with E-state index >= 15 is 0 Å². The minimum atomic E-state index is -4.36. The van der Waals surface area contributed by atoms with Gasteiger partial charge in [-0.3, -0.25) is 4.98 Å². The van der Waals surface area contributed by atoms with Gasteiger partial charge in [0.15, 0.2) is 0 Å². The van der Waals surface area contributed by atoms with Crippen molar-refractivity contribution in [3.8, 4) is 11.1 Å². The van der Waals surface area contributed by atoms with Gasteiger partial charge in [0, 0.05) is 34.9 Å². The molecule has 3 heterocycles. The maximum atomic E-state index is 12.7. The van der Waals surface area contributed by atoms with Gasteiger partial charge in [0.2, 0.25) is 5.95 Å². The Hall–Kier alpha value is -3.16. The molecule has 0 bridgehead atoms. The average molecular weight is 357 g/mol. The zero-order chi connectivity index (χ0) is 18.3. The summed E-state index contributed by atoms with van der Waals surface area (Å²) in [6, 6.07) is 7.97. The topological polar surface area (TPSA) is 66.5 Å². The summed E-state index contributed by atoms with van der Waals surface area (Å²) < 4.78 is 38.0. The minimum Gasteiger partial charge on any atom is -0.345 e. The molecule has 0 spiro atoms. The SMILES string of the molecule is CC(Nc1ncc2c(-c3ccc4ncccc4c3)c[nH]c2n1)C(F)(F)F. The Morgan fingerprint density at radius 1 is 1.15 bits per heavy atom. The lowest BCUT2D eigenvalue weighted by Crippen LogP contribution is -2.33. The number of anilines is 1. The van der Waals surface area contributed by atoms with Crippen LogP contribution in [0.3, 0.4) is 0 Å². The van der Waals surface area contributed by atoms with E-state index in [2.05, 4.69) is 25.3 Å². The maximum absolute atomic E-state index is 12.7. The fourth-order valence-electron chi connectivity index (χ4n) is 2.73. The number of fused-ring (bicyclic) bond motifs is 2. The normalized spacial score (nSPS) is 13.2. The second-order valence-corrected chi connectivity index (χ2v) is 5.98. The Labute approximate surface area is 146 Å². The number of hydrogen-bond acceptors (Lipinski definition) is 4. The highest BCUT2D eigenvalue weighted by Gasteiger charge is 2.36. The molecule has 0 saturated heterocycles. The van der Waals surface area contributed by atoms with Crippen molar-refractivity contribution in [1.82, 2.24) is 19.9 Å². The van der Waals surface area contributed by atoms with E-state index in [4.69, 9.17) is 0 Å². The first-order chi connectivity index (χ1) is 12.4. The first-order valence-electron chi connectivity index (χ1n) is 7.94. The first-order valence-corrected chi connectivity index (χ1v) is 7.94. The summed E-state index contributed by atoms with van der Waals surface area (Å²) in [5.74, 6) is -0.0709. The van der Waals surface area contributed by atoms with Gasteiger partial charge in [0.25, 0.3) is 0 Å². The second kappa shape index (κ2) is 5.98. The summed E-state index contributed by atoms with van der Waals surface area (Å²) in [6.45, 7) is 1.02. The van der Waals surface area contributed by atoms with E-state index in [-0.39, 0.29) is 5.95 Å². The lowest BCUT2D eigenvalue weighted by molar-refractivity contribution is -0.138. The van der Waals surface area contributed by atoms with Gasteiger partial charge in [-0.25, -0.2) is 4.98 Å². The molecule has 3 aromatic heterocycles. The second-order valence-electron chi connectivity index (χ2n) is 5.98. The van der Waals surface area contributed by atoms with E-state index in [9.17, 15) is 13.2 Å². The molecule has 1 atom stereocenters. The molecular weight excluding hydrogens is 343 g/mol. The molecular formula is C18H14F3N5. The molecule has 1 aromatic carbocycles. The van der Waals surface area contributed by atoms with Gasteiger partial charge in [-0.1, -0.05) is 12.1 Å². The van der Waals surface area contributed by atoms with Crippen molar-refractivity contribution in [2.75, 3.05) is 5.32 Å². The molecule has 0 amide bonds. The van der Waals surface area contributed by atoms with Gasteiger partial charge >= 0.3 is 6.18 Å². The molecule has 132 valence electrons. The predicted octanol–water partition coefficient (Wildman–Crippen LogP) is 4.54. The number of hydrogen-bond donors (Lipinski definition) is 2. The molecule has 26 heavy (non-hydrogen) atoms. The monoisotopic (exact) mass is 357 g/mol. The molecule has 0 fully saturated rings. The third-order valence-corrected chi connectivity index (χ3v) is 4.18. The van der Waals surface area contributed by atoms with Crippen molar-refractivity contribution < 1.29 is 13.2 Å². The summed E-state index contributed by atoms with van der Waals surface area (Å²) in [6.07, 6.45) is 0.664. The summed E-state index contributed by atoms with van der Waals surface area (Å²) in [7, 11) is 0. The highest BCUT2D eigenvalue weighted by molar-refractivity contribution is 5.96. The number of aromatic nitrogens is 4.